The van der Waals surface area contributed by atoms with Crippen molar-refractivity contribution in [2.75, 3.05) is 0 Å². The van der Waals surface area contributed by atoms with E-state index >= 15 is 0 Å². The van der Waals surface area contributed by atoms with E-state index in [1.165, 1.54) is 16.7 Å². The van der Waals surface area contributed by atoms with Crippen molar-refractivity contribution in [2.24, 2.45) is 0 Å². The van der Waals surface area contributed by atoms with Gasteiger partial charge in [-0.3, -0.25) is 4.79 Å². The van der Waals surface area contributed by atoms with Crippen LogP contribution in [0.5, 0.6) is 0 Å². The smallest absolute Gasteiger partial charge is 0.150 e. The van der Waals surface area contributed by atoms with Gasteiger partial charge in [0.2, 0.25) is 0 Å². The molecule has 0 radical (unpaired) electrons. The van der Waals surface area contributed by atoms with Crippen molar-refractivity contribution in [3.63, 3.8) is 0 Å². The third-order valence-electron chi connectivity index (χ3n) is 3.93. The monoisotopic (exact) mass is 286 g/mol. The minimum absolute atomic E-state index is 0.795. The maximum absolute atomic E-state index is 11.0. The summed E-state index contributed by atoms with van der Waals surface area (Å²) in [5, 5.41) is 0. The zero-order chi connectivity index (χ0) is 15.2. The molecule has 0 aliphatic heterocycles. The first kappa shape index (κ1) is 14.3. The van der Waals surface area contributed by atoms with Crippen molar-refractivity contribution in [3.8, 4) is 11.1 Å². The van der Waals surface area contributed by atoms with Gasteiger partial charge in [-0.1, -0.05) is 78.9 Å². The van der Waals surface area contributed by atoms with E-state index in [1.807, 2.05) is 30.3 Å². The summed E-state index contributed by atoms with van der Waals surface area (Å²) < 4.78 is 0. The van der Waals surface area contributed by atoms with Crippen LogP contribution in [0, 0.1) is 0 Å². The molecule has 0 aliphatic carbocycles. The summed E-state index contributed by atoms with van der Waals surface area (Å²) in [5.74, 6) is 0. The van der Waals surface area contributed by atoms with Gasteiger partial charge in [-0.25, -0.2) is 0 Å². The summed E-state index contributed by atoms with van der Waals surface area (Å²) >= 11 is 0. The predicted octanol–water partition coefficient (Wildman–Crippen LogP) is 4.95. The molecule has 108 valence electrons. The molecule has 0 fully saturated rings. The molecule has 0 bridgehead atoms. The predicted molar refractivity (Wildman–Crippen MR) is 91.1 cm³/mol. The van der Waals surface area contributed by atoms with Crippen molar-refractivity contribution in [1.82, 2.24) is 0 Å². The zero-order valence-corrected chi connectivity index (χ0v) is 12.4. The van der Waals surface area contributed by atoms with Gasteiger partial charge in [-0.15, -0.1) is 0 Å². The first-order valence-corrected chi connectivity index (χ1v) is 7.54. The normalized spacial score (nSPS) is 10.4. The lowest BCUT2D eigenvalue weighted by molar-refractivity contribution is 0.112. The van der Waals surface area contributed by atoms with E-state index in [-0.39, 0.29) is 0 Å². The zero-order valence-electron chi connectivity index (χ0n) is 12.4. The Balaban J connectivity index is 1.70. The van der Waals surface area contributed by atoms with Crippen molar-refractivity contribution >= 4 is 6.29 Å². The molecule has 0 unspecified atom stereocenters. The number of hydrogen-bond donors (Lipinski definition) is 0. The van der Waals surface area contributed by atoms with Gasteiger partial charge in [0.15, 0.2) is 0 Å². The summed E-state index contributed by atoms with van der Waals surface area (Å²) in [6, 6.07) is 26.8. The van der Waals surface area contributed by atoms with Crippen LogP contribution in [0.3, 0.4) is 0 Å². The first-order chi connectivity index (χ1) is 10.9. The van der Waals surface area contributed by atoms with Gasteiger partial charge in [0.25, 0.3) is 0 Å². The van der Waals surface area contributed by atoms with Crippen LogP contribution >= 0.6 is 0 Å². The van der Waals surface area contributed by atoms with E-state index in [0.29, 0.717) is 0 Å². The Morgan fingerprint density at radius 2 is 1.27 bits per heavy atom. The quantitative estimate of drug-likeness (QED) is 0.606. The summed E-state index contributed by atoms with van der Waals surface area (Å²) in [4.78, 5) is 11.0. The lowest BCUT2D eigenvalue weighted by Gasteiger charge is -2.06. The standard InChI is InChI=1S/C21H18O/c22-16-21-9-5-4-8-19(21)13-10-17-11-14-20(15-12-17)18-6-2-1-3-7-18/h1-9,11-12,14-16H,10,13H2. The van der Waals surface area contributed by atoms with Crippen molar-refractivity contribution in [2.45, 2.75) is 12.8 Å². The SMILES string of the molecule is O=Cc1ccccc1CCc1ccc(-c2ccccc2)cc1. The molecule has 1 heteroatoms. The van der Waals surface area contributed by atoms with Gasteiger partial charge in [-0.05, 0) is 35.1 Å². The van der Waals surface area contributed by atoms with Crippen LogP contribution < -0.4 is 0 Å². The minimum atomic E-state index is 0.795. The summed E-state index contributed by atoms with van der Waals surface area (Å²) in [6.07, 6.45) is 2.77. The van der Waals surface area contributed by atoms with Gasteiger partial charge < -0.3 is 0 Å². The highest BCUT2D eigenvalue weighted by Crippen LogP contribution is 2.20. The van der Waals surface area contributed by atoms with Crippen molar-refractivity contribution in [1.29, 1.82) is 0 Å². The van der Waals surface area contributed by atoms with Crippen LogP contribution in [-0.4, -0.2) is 6.29 Å². The largest absolute Gasteiger partial charge is 0.298 e. The molecule has 3 aromatic carbocycles. The van der Waals surface area contributed by atoms with Gasteiger partial charge in [0.05, 0.1) is 0 Å². The van der Waals surface area contributed by atoms with E-state index in [0.717, 1.165) is 30.3 Å². The lowest BCUT2D eigenvalue weighted by atomic mass is 9.98. The van der Waals surface area contributed by atoms with Crippen LogP contribution in [0.1, 0.15) is 21.5 Å². The van der Waals surface area contributed by atoms with E-state index in [9.17, 15) is 4.79 Å². The Kier molecular flexibility index (Phi) is 4.45. The molecule has 0 saturated carbocycles. The third kappa shape index (κ3) is 3.32. The van der Waals surface area contributed by atoms with Crippen LogP contribution in [0.15, 0.2) is 78.9 Å². The number of hydrogen-bond acceptors (Lipinski definition) is 1. The summed E-state index contributed by atoms with van der Waals surface area (Å²) in [6.45, 7) is 0. The van der Waals surface area contributed by atoms with E-state index in [1.54, 1.807) is 0 Å². The average molecular weight is 286 g/mol. The third-order valence-corrected chi connectivity index (χ3v) is 3.93. The molecule has 3 rings (SSSR count). The Hall–Kier alpha value is -2.67. The topological polar surface area (TPSA) is 17.1 Å². The number of rotatable bonds is 5. The molecule has 0 spiro atoms. The molecule has 0 N–H and O–H groups in total. The molecule has 0 heterocycles. The average Bonchev–Trinajstić information content (AvgIpc) is 2.61. The number of aldehydes is 1. The number of carbonyl (C=O) groups is 1. The number of benzene rings is 3. The summed E-state index contributed by atoms with van der Waals surface area (Å²) in [5.41, 5.74) is 5.67. The molecule has 3 aromatic rings. The van der Waals surface area contributed by atoms with Crippen LogP contribution in [0.2, 0.25) is 0 Å². The highest BCUT2D eigenvalue weighted by Gasteiger charge is 2.02. The molecule has 0 aliphatic rings. The molecular weight excluding hydrogens is 268 g/mol. The van der Waals surface area contributed by atoms with E-state index in [4.69, 9.17) is 0 Å². The molecule has 22 heavy (non-hydrogen) atoms. The Morgan fingerprint density at radius 1 is 0.636 bits per heavy atom. The molecule has 0 atom stereocenters. The fourth-order valence-corrected chi connectivity index (χ4v) is 2.65. The lowest BCUT2D eigenvalue weighted by Crippen LogP contribution is -1.96. The second-order valence-corrected chi connectivity index (χ2v) is 5.38. The van der Waals surface area contributed by atoms with Crippen LogP contribution in [-0.2, 0) is 12.8 Å². The van der Waals surface area contributed by atoms with Gasteiger partial charge in [-0.2, -0.15) is 0 Å². The summed E-state index contributed by atoms with van der Waals surface area (Å²) in [7, 11) is 0. The molecule has 0 saturated heterocycles. The minimum Gasteiger partial charge on any atom is -0.298 e. The molecule has 0 amide bonds. The van der Waals surface area contributed by atoms with Gasteiger partial charge in [0, 0.05) is 5.56 Å². The van der Waals surface area contributed by atoms with Crippen LogP contribution in [0.25, 0.3) is 11.1 Å². The second-order valence-electron chi connectivity index (χ2n) is 5.38. The molecular formula is C21H18O. The first-order valence-electron chi connectivity index (χ1n) is 7.54. The van der Waals surface area contributed by atoms with Gasteiger partial charge >= 0.3 is 0 Å². The maximum Gasteiger partial charge on any atom is 0.150 e. The Bertz CT molecular complexity index is 742. The fraction of sp³-hybridized carbons (Fsp3) is 0.0952. The van der Waals surface area contributed by atoms with E-state index in [2.05, 4.69) is 48.5 Å². The Labute approximate surface area is 131 Å². The maximum atomic E-state index is 11.0. The highest BCUT2D eigenvalue weighted by molar-refractivity contribution is 5.77. The fourth-order valence-electron chi connectivity index (χ4n) is 2.65. The number of carbonyl (C=O) groups excluding carboxylic acids is 1. The second kappa shape index (κ2) is 6.86. The molecule has 0 aromatic heterocycles. The van der Waals surface area contributed by atoms with E-state index < -0.39 is 0 Å². The number of aryl methyl sites for hydroxylation is 2. The molecule has 1 nitrogen and oxygen atoms in total. The van der Waals surface area contributed by atoms with Crippen LogP contribution in [0.4, 0.5) is 0 Å². The van der Waals surface area contributed by atoms with Gasteiger partial charge in [0.1, 0.15) is 6.29 Å². The van der Waals surface area contributed by atoms with Crippen molar-refractivity contribution < 1.29 is 4.79 Å². The van der Waals surface area contributed by atoms with Crippen molar-refractivity contribution in [3.05, 3.63) is 95.6 Å². The highest BCUT2D eigenvalue weighted by atomic mass is 16.1. The Morgan fingerprint density at radius 3 is 2.00 bits per heavy atom.